The van der Waals surface area contributed by atoms with Gasteiger partial charge in [0.25, 0.3) is 0 Å². The zero-order valence-electron chi connectivity index (χ0n) is 15.1. The van der Waals surface area contributed by atoms with Crippen LogP contribution in [-0.2, 0) is 5.41 Å². The molecule has 0 atom stereocenters. The summed E-state index contributed by atoms with van der Waals surface area (Å²) in [6.07, 6.45) is 0. The minimum Gasteiger partial charge on any atom is -0.537 e. The van der Waals surface area contributed by atoms with Gasteiger partial charge in [-0.05, 0) is 45.0 Å². The molecule has 131 valence electrons. The molecule has 28 heavy (non-hydrogen) atoms. The van der Waals surface area contributed by atoms with Gasteiger partial charge in [0, 0.05) is 5.56 Å². The average Bonchev–Trinajstić information content (AvgIpc) is 3.22. The zero-order chi connectivity index (χ0) is 18.7. The van der Waals surface area contributed by atoms with E-state index in [1.165, 1.54) is 33.4 Å². The van der Waals surface area contributed by atoms with Crippen LogP contribution in [0.3, 0.4) is 0 Å². The summed E-state index contributed by atoms with van der Waals surface area (Å²) in [5.74, 6) is 0.672. The Kier molecular flexibility index (Phi) is 3.15. The van der Waals surface area contributed by atoms with Crippen LogP contribution in [-0.4, -0.2) is 12.7 Å². The maximum absolute atomic E-state index is 9.32. The standard InChI is InChI=1S/C25H16BO2/c27-26-28-23-15-7-14-22-24(23)18-10-3-6-13-21(18)25(22)19-11-4-1-8-16(19)17-9-2-5-12-20(17)25/h1-15,27H. The van der Waals surface area contributed by atoms with Crippen LogP contribution in [0.1, 0.15) is 22.3 Å². The van der Waals surface area contributed by atoms with E-state index in [1.807, 2.05) is 12.1 Å². The number of hydrogen-bond donors (Lipinski definition) is 1. The molecule has 0 aromatic heterocycles. The first kappa shape index (κ1) is 15.7. The van der Waals surface area contributed by atoms with Gasteiger partial charge >= 0.3 is 7.69 Å². The minimum absolute atomic E-state index is 0.367. The number of fused-ring (bicyclic) bond motifs is 10. The molecular weight excluding hydrogens is 343 g/mol. The van der Waals surface area contributed by atoms with Crippen molar-refractivity contribution < 1.29 is 9.68 Å². The molecule has 0 saturated heterocycles. The van der Waals surface area contributed by atoms with Crippen LogP contribution in [0.25, 0.3) is 22.3 Å². The molecule has 1 radical (unpaired) electrons. The molecule has 6 rings (SSSR count). The second-order valence-electron chi connectivity index (χ2n) is 7.29. The molecule has 2 nitrogen and oxygen atoms in total. The molecule has 4 aromatic rings. The van der Waals surface area contributed by atoms with Crippen molar-refractivity contribution in [2.45, 2.75) is 5.41 Å². The summed E-state index contributed by atoms with van der Waals surface area (Å²) in [7, 11) is 0.764. The van der Waals surface area contributed by atoms with Crippen molar-refractivity contribution in [2.75, 3.05) is 0 Å². The molecule has 0 amide bonds. The van der Waals surface area contributed by atoms with Crippen LogP contribution in [0.5, 0.6) is 5.75 Å². The quantitative estimate of drug-likeness (QED) is 0.444. The molecule has 2 aliphatic rings. The Bertz CT molecular complexity index is 1200. The average molecular weight is 359 g/mol. The molecule has 2 aliphatic carbocycles. The van der Waals surface area contributed by atoms with E-state index in [9.17, 15) is 5.02 Å². The van der Waals surface area contributed by atoms with Crippen LogP contribution in [0, 0.1) is 0 Å². The van der Waals surface area contributed by atoms with E-state index in [0.717, 1.165) is 18.8 Å². The highest BCUT2D eigenvalue weighted by molar-refractivity contribution is 6.17. The van der Waals surface area contributed by atoms with Crippen molar-refractivity contribution >= 4 is 7.69 Å². The fourth-order valence-corrected chi connectivity index (χ4v) is 5.27. The van der Waals surface area contributed by atoms with Crippen molar-refractivity contribution in [3.05, 3.63) is 113 Å². The number of rotatable bonds is 2. The lowest BCUT2D eigenvalue weighted by atomic mass is 9.70. The third-order valence-electron chi connectivity index (χ3n) is 6.16. The topological polar surface area (TPSA) is 29.5 Å². The molecule has 0 saturated carbocycles. The second-order valence-corrected chi connectivity index (χ2v) is 7.29. The Morgan fingerprint density at radius 2 is 1.07 bits per heavy atom. The van der Waals surface area contributed by atoms with Gasteiger partial charge in [0.15, 0.2) is 0 Å². The highest BCUT2D eigenvalue weighted by Gasteiger charge is 2.52. The highest BCUT2D eigenvalue weighted by atomic mass is 16.5. The summed E-state index contributed by atoms with van der Waals surface area (Å²) in [6, 6.07) is 32.0. The lowest BCUT2D eigenvalue weighted by molar-refractivity contribution is 0.454. The Balaban J connectivity index is 1.83. The second kappa shape index (κ2) is 5.60. The Hall–Kier alpha value is -3.30. The monoisotopic (exact) mass is 359 g/mol. The number of hydrogen-bond acceptors (Lipinski definition) is 2. The fourth-order valence-electron chi connectivity index (χ4n) is 5.27. The van der Waals surface area contributed by atoms with E-state index >= 15 is 0 Å². The molecule has 1 N–H and O–H groups in total. The van der Waals surface area contributed by atoms with Crippen molar-refractivity contribution in [1.82, 2.24) is 0 Å². The molecule has 3 heteroatoms. The summed E-state index contributed by atoms with van der Waals surface area (Å²) >= 11 is 0. The maximum Gasteiger partial charge on any atom is 0.569 e. The lowest BCUT2D eigenvalue weighted by Gasteiger charge is -2.30. The van der Waals surface area contributed by atoms with Crippen molar-refractivity contribution in [2.24, 2.45) is 0 Å². The van der Waals surface area contributed by atoms with Crippen molar-refractivity contribution in [3.8, 4) is 28.0 Å². The number of benzene rings is 4. The third kappa shape index (κ3) is 1.73. The van der Waals surface area contributed by atoms with E-state index in [0.29, 0.717) is 5.75 Å². The molecule has 0 bridgehead atoms. The summed E-state index contributed by atoms with van der Waals surface area (Å²) in [5.41, 5.74) is 9.45. The van der Waals surface area contributed by atoms with Gasteiger partial charge in [-0.1, -0.05) is 84.9 Å². The zero-order valence-corrected chi connectivity index (χ0v) is 15.1. The molecule has 4 aromatic carbocycles. The Morgan fingerprint density at radius 1 is 0.571 bits per heavy atom. The van der Waals surface area contributed by atoms with Crippen LogP contribution >= 0.6 is 0 Å². The summed E-state index contributed by atoms with van der Waals surface area (Å²) in [6.45, 7) is 0. The molecular formula is C25H16BO2. The van der Waals surface area contributed by atoms with Crippen molar-refractivity contribution in [1.29, 1.82) is 0 Å². The molecule has 0 aliphatic heterocycles. The first-order valence-electron chi connectivity index (χ1n) is 9.42. The van der Waals surface area contributed by atoms with E-state index in [1.54, 1.807) is 0 Å². The van der Waals surface area contributed by atoms with Gasteiger partial charge in [-0.15, -0.1) is 0 Å². The smallest absolute Gasteiger partial charge is 0.537 e. The van der Waals surface area contributed by atoms with E-state index in [-0.39, 0.29) is 5.41 Å². The van der Waals surface area contributed by atoms with Gasteiger partial charge in [-0.3, -0.25) is 0 Å². The summed E-state index contributed by atoms with van der Waals surface area (Å²) < 4.78 is 5.51. The molecule has 0 unspecified atom stereocenters. The molecule has 0 fully saturated rings. The van der Waals surface area contributed by atoms with Crippen LogP contribution in [0.2, 0.25) is 0 Å². The van der Waals surface area contributed by atoms with Crippen LogP contribution in [0.15, 0.2) is 91.0 Å². The van der Waals surface area contributed by atoms with Gasteiger partial charge in [0.05, 0.1) is 5.41 Å². The largest absolute Gasteiger partial charge is 0.569 e. The predicted octanol–water partition coefficient (Wildman–Crippen LogP) is 4.94. The SMILES string of the molecule is O[B]Oc1cccc2c1-c1ccccc1C21c2ccccc2-c2ccccc21. The Morgan fingerprint density at radius 3 is 1.68 bits per heavy atom. The van der Waals surface area contributed by atoms with Gasteiger partial charge in [-0.2, -0.15) is 0 Å². The van der Waals surface area contributed by atoms with Crippen molar-refractivity contribution in [3.63, 3.8) is 0 Å². The summed E-state index contributed by atoms with van der Waals surface area (Å²) in [5, 5.41) is 9.32. The van der Waals surface area contributed by atoms with Gasteiger partial charge in [-0.25, -0.2) is 0 Å². The minimum atomic E-state index is -0.367. The van der Waals surface area contributed by atoms with Crippen LogP contribution < -0.4 is 4.65 Å². The van der Waals surface area contributed by atoms with Gasteiger partial charge in [0.1, 0.15) is 5.75 Å². The van der Waals surface area contributed by atoms with Gasteiger partial charge < -0.3 is 9.68 Å². The normalized spacial score (nSPS) is 14.2. The predicted molar refractivity (Wildman–Crippen MR) is 111 cm³/mol. The maximum atomic E-state index is 9.32. The molecule has 0 heterocycles. The summed E-state index contributed by atoms with van der Waals surface area (Å²) in [4.78, 5) is 0. The van der Waals surface area contributed by atoms with E-state index in [2.05, 4.69) is 78.9 Å². The van der Waals surface area contributed by atoms with E-state index < -0.39 is 0 Å². The van der Waals surface area contributed by atoms with E-state index in [4.69, 9.17) is 4.65 Å². The fraction of sp³-hybridized carbons (Fsp3) is 0.0400. The first-order chi connectivity index (χ1) is 13.9. The third-order valence-corrected chi connectivity index (χ3v) is 6.16. The van der Waals surface area contributed by atoms with Crippen LogP contribution in [0.4, 0.5) is 0 Å². The first-order valence-corrected chi connectivity index (χ1v) is 9.42. The Labute approximate surface area is 164 Å². The van der Waals surface area contributed by atoms with Gasteiger partial charge in [0.2, 0.25) is 0 Å². The lowest BCUT2D eigenvalue weighted by Crippen LogP contribution is -2.25. The molecule has 1 spiro atoms. The highest BCUT2D eigenvalue weighted by Crippen LogP contribution is 2.63.